The van der Waals surface area contributed by atoms with Crippen LogP contribution in [0.5, 0.6) is 0 Å². The Hall–Kier alpha value is -0.680. The van der Waals surface area contributed by atoms with Gasteiger partial charge in [-0.2, -0.15) is 0 Å². The van der Waals surface area contributed by atoms with E-state index in [0.29, 0.717) is 0 Å². The van der Waals surface area contributed by atoms with Crippen LogP contribution < -0.4 is 0 Å². The van der Waals surface area contributed by atoms with Crippen molar-refractivity contribution in [2.45, 2.75) is 26.7 Å². The number of para-hydroxylation sites is 1. The fraction of sp³-hybridized carbons (Fsp3) is 0.500. The van der Waals surface area contributed by atoms with Crippen LogP contribution in [0.2, 0.25) is 0 Å². The van der Waals surface area contributed by atoms with Gasteiger partial charge in [-0.05, 0) is 37.3 Å². The van der Waals surface area contributed by atoms with E-state index in [4.69, 9.17) is 4.99 Å². The standard InChI is InChI=1S/C14H20NP/c1-3-12-10-11-16(4-2)14(12)15-13-8-6-5-7-9-13/h5-9,12H,3-4,10-11H2,1-2H3. The Morgan fingerprint density at radius 1 is 1.25 bits per heavy atom. The fourth-order valence-electron chi connectivity index (χ4n) is 2.32. The minimum absolute atomic E-state index is 0.0749. The molecule has 1 saturated heterocycles. The van der Waals surface area contributed by atoms with Gasteiger partial charge in [0.05, 0.1) is 5.69 Å². The molecule has 1 heterocycles. The molecule has 2 heteroatoms. The van der Waals surface area contributed by atoms with E-state index in [9.17, 15) is 0 Å². The Morgan fingerprint density at radius 2 is 2.00 bits per heavy atom. The van der Waals surface area contributed by atoms with Gasteiger partial charge < -0.3 is 0 Å². The minimum Gasteiger partial charge on any atom is -0.253 e. The van der Waals surface area contributed by atoms with Crippen molar-refractivity contribution in [2.24, 2.45) is 10.9 Å². The normalized spacial score (nSPS) is 27.5. The molecule has 2 atom stereocenters. The lowest BCUT2D eigenvalue weighted by Crippen LogP contribution is -2.04. The highest BCUT2D eigenvalue weighted by Crippen LogP contribution is 2.50. The molecular formula is C14H20NP. The van der Waals surface area contributed by atoms with Crippen LogP contribution in [-0.4, -0.2) is 17.8 Å². The molecule has 1 aromatic carbocycles. The third-order valence-electron chi connectivity index (χ3n) is 3.31. The van der Waals surface area contributed by atoms with E-state index < -0.39 is 0 Å². The lowest BCUT2D eigenvalue weighted by molar-refractivity contribution is 0.668. The van der Waals surface area contributed by atoms with E-state index in [2.05, 4.69) is 44.2 Å². The Labute approximate surface area is 99.7 Å². The summed E-state index contributed by atoms with van der Waals surface area (Å²) in [6.07, 6.45) is 5.32. The van der Waals surface area contributed by atoms with Gasteiger partial charge in [0.1, 0.15) is 0 Å². The third-order valence-corrected chi connectivity index (χ3v) is 5.99. The molecule has 0 radical (unpaired) electrons. The van der Waals surface area contributed by atoms with Crippen molar-refractivity contribution in [1.29, 1.82) is 0 Å². The Kier molecular flexibility index (Phi) is 4.12. The van der Waals surface area contributed by atoms with Crippen LogP contribution in [0.15, 0.2) is 35.3 Å². The van der Waals surface area contributed by atoms with E-state index in [0.717, 1.165) is 11.6 Å². The van der Waals surface area contributed by atoms with E-state index >= 15 is 0 Å². The fourth-order valence-corrected chi connectivity index (χ4v) is 4.89. The molecular weight excluding hydrogens is 213 g/mol. The highest BCUT2D eigenvalue weighted by molar-refractivity contribution is 7.75. The van der Waals surface area contributed by atoms with Crippen molar-refractivity contribution in [1.82, 2.24) is 0 Å². The van der Waals surface area contributed by atoms with Crippen LogP contribution >= 0.6 is 7.92 Å². The van der Waals surface area contributed by atoms with Crippen molar-refractivity contribution >= 4 is 19.1 Å². The monoisotopic (exact) mass is 233 g/mol. The van der Waals surface area contributed by atoms with Crippen LogP contribution in [0.4, 0.5) is 5.69 Å². The van der Waals surface area contributed by atoms with Crippen molar-refractivity contribution < 1.29 is 0 Å². The zero-order valence-corrected chi connectivity index (χ0v) is 11.1. The van der Waals surface area contributed by atoms with E-state index in [-0.39, 0.29) is 7.92 Å². The summed E-state index contributed by atoms with van der Waals surface area (Å²) >= 11 is 0. The van der Waals surface area contributed by atoms with E-state index in [1.807, 2.05) is 0 Å². The van der Waals surface area contributed by atoms with E-state index in [1.54, 1.807) is 0 Å². The lowest BCUT2D eigenvalue weighted by Gasteiger charge is -2.13. The maximum Gasteiger partial charge on any atom is 0.0633 e. The summed E-state index contributed by atoms with van der Waals surface area (Å²) in [5.41, 5.74) is 2.66. The first kappa shape index (κ1) is 11.8. The number of nitrogens with zero attached hydrogens (tertiary/aromatic N) is 1. The first-order chi connectivity index (χ1) is 7.85. The first-order valence-corrected chi connectivity index (χ1v) is 7.95. The lowest BCUT2D eigenvalue weighted by atomic mass is 10.1. The third kappa shape index (κ3) is 2.52. The highest BCUT2D eigenvalue weighted by Gasteiger charge is 2.29. The van der Waals surface area contributed by atoms with Crippen LogP contribution in [0.1, 0.15) is 26.7 Å². The number of hydrogen-bond donors (Lipinski definition) is 0. The van der Waals surface area contributed by atoms with Crippen LogP contribution in [0.25, 0.3) is 0 Å². The molecule has 1 aliphatic rings. The van der Waals surface area contributed by atoms with Crippen molar-refractivity contribution in [3.8, 4) is 0 Å². The molecule has 1 fully saturated rings. The van der Waals surface area contributed by atoms with Gasteiger partial charge in [-0.25, -0.2) is 0 Å². The zero-order chi connectivity index (χ0) is 11.4. The van der Waals surface area contributed by atoms with Gasteiger partial charge >= 0.3 is 0 Å². The molecule has 0 bridgehead atoms. The predicted molar refractivity (Wildman–Crippen MR) is 74.3 cm³/mol. The molecule has 1 aromatic rings. The summed E-state index contributed by atoms with van der Waals surface area (Å²) in [4.78, 5) is 4.91. The summed E-state index contributed by atoms with van der Waals surface area (Å²) in [5.74, 6) is 0.756. The van der Waals surface area contributed by atoms with Crippen molar-refractivity contribution in [2.75, 3.05) is 12.3 Å². The van der Waals surface area contributed by atoms with Gasteiger partial charge in [0.15, 0.2) is 0 Å². The topological polar surface area (TPSA) is 12.4 Å². The van der Waals surface area contributed by atoms with Gasteiger partial charge in [-0.3, -0.25) is 4.99 Å². The second-order valence-electron chi connectivity index (χ2n) is 4.28. The van der Waals surface area contributed by atoms with Crippen LogP contribution in [0.3, 0.4) is 0 Å². The summed E-state index contributed by atoms with van der Waals surface area (Å²) in [6, 6.07) is 10.4. The molecule has 0 amide bonds. The SMILES string of the molecule is CCC1CCP(CC)C1=Nc1ccccc1. The predicted octanol–water partition coefficient (Wildman–Crippen LogP) is 4.65. The van der Waals surface area contributed by atoms with Gasteiger partial charge in [0.2, 0.25) is 0 Å². The molecule has 1 aliphatic heterocycles. The molecule has 2 rings (SSSR count). The van der Waals surface area contributed by atoms with Gasteiger partial charge in [0.25, 0.3) is 0 Å². The average molecular weight is 233 g/mol. The van der Waals surface area contributed by atoms with E-state index in [1.165, 1.54) is 30.6 Å². The number of aliphatic imine (C=N–C) groups is 1. The number of benzene rings is 1. The summed E-state index contributed by atoms with van der Waals surface area (Å²) in [5, 5.41) is 0. The molecule has 2 unspecified atom stereocenters. The Morgan fingerprint density at radius 3 is 2.62 bits per heavy atom. The second-order valence-corrected chi connectivity index (χ2v) is 6.90. The maximum atomic E-state index is 4.91. The molecule has 0 spiro atoms. The Balaban J connectivity index is 2.25. The minimum atomic E-state index is 0.0749. The molecule has 0 N–H and O–H groups in total. The molecule has 0 aromatic heterocycles. The van der Waals surface area contributed by atoms with Crippen molar-refractivity contribution in [3.05, 3.63) is 30.3 Å². The number of hydrogen-bond acceptors (Lipinski definition) is 1. The molecule has 1 nitrogen and oxygen atoms in total. The number of rotatable bonds is 3. The quantitative estimate of drug-likeness (QED) is 0.674. The average Bonchev–Trinajstić information content (AvgIpc) is 2.72. The van der Waals surface area contributed by atoms with Gasteiger partial charge in [0, 0.05) is 11.4 Å². The maximum absolute atomic E-state index is 4.91. The van der Waals surface area contributed by atoms with Crippen LogP contribution in [0, 0.1) is 5.92 Å². The van der Waals surface area contributed by atoms with Gasteiger partial charge in [-0.1, -0.05) is 40.0 Å². The largest absolute Gasteiger partial charge is 0.253 e. The van der Waals surface area contributed by atoms with Crippen LogP contribution in [-0.2, 0) is 0 Å². The first-order valence-electron chi connectivity index (χ1n) is 6.23. The molecule has 16 heavy (non-hydrogen) atoms. The molecule has 86 valence electrons. The summed E-state index contributed by atoms with van der Waals surface area (Å²) in [7, 11) is 0.0749. The Bertz CT molecular complexity index is 344. The smallest absolute Gasteiger partial charge is 0.0633 e. The summed E-state index contributed by atoms with van der Waals surface area (Å²) in [6.45, 7) is 4.60. The zero-order valence-electron chi connectivity index (χ0n) is 10.2. The summed E-state index contributed by atoms with van der Waals surface area (Å²) < 4.78 is 0. The van der Waals surface area contributed by atoms with Crippen molar-refractivity contribution in [3.63, 3.8) is 0 Å². The van der Waals surface area contributed by atoms with Gasteiger partial charge in [-0.15, -0.1) is 0 Å². The molecule has 0 saturated carbocycles. The molecule has 0 aliphatic carbocycles. The highest BCUT2D eigenvalue weighted by atomic mass is 31.1. The second kappa shape index (κ2) is 5.59.